The first-order chi connectivity index (χ1) is 21.8. The Labute approximate surface area is 260 Å². The molecule has 2 aromatic carbocycles. The molecule has 5 atom stereocenters. The number of nitrogens with zero attached hydrogens (tertiary/aromatic N) is 1. The van der Waals surface area contributed by atoms with Crippen molar-refractivity contribution in [3.63, 3.8) is 0 Å². The van der Waals surface area contributed by atoms with Crippen molar-refractivity contribution in [1.29, 1.82) is 0 Å². The Balaban J connectivity index is 1.14. The third-order valence-electron chi connectivity index (χ3n) is 10.8. The zero-order chi connectivity index (χ0) is 29.0. The third-order valence-corrected chi connectivity index (χ3v) is 10.8. The normalized spacial score (nSPS) is 29.0. The number of aromatic nitrogens is 1. The molecule has 1 aliphatic heterocycles. The van der Waals surface area contributed by atoms with Crippen molar-refractivity contribution in [2.24, 2.45) is 23.7 Å². The summed E-state index contributed by atoms with van der Waals surface area (Å²) in [4.78, 5) is 0. The molecule has 44 heavy (non-hydrogen) atoms. The summed E-state index contributed by atoms with van der Waals surface area (Å²) in [6, 6.07) is 16.2. The molecule has 1 aromatic heterocycles. The largest absolute Gasteiger partial charge is 0.490 e. The summed E-state index contributed by atoms with van der Waals surface area (Å²) < 4.78 is 8.86. The predicted molar refractivity (Wildman–Crippen MR) is 184 cm³/mol. The highest BCUT2D eigenvalue weighted by Crippen LogP contribution is 2.47. The van der Waals surface area contributed by atoms with E-state index in [2.05, 4.69) is 126 Å². The monoisotopic (exact) mass is 573 g/mol. The van der Waals surface area contributed by atoms with Crippen molar-refractivity contribution < 1.29 is 4.74 Å². The van der Waals surface area contributed by atoms with Gasteiger partial charge in [-0.05, 0) is 92.5 Å². The van der Waals surface area contributed by atoms with Gasteiger partial charge in [0.15, 0.2) is 0 Å². The lowest BCUT2D eigenvalue weighted by Crippen LogP contribution is -2.18. The number of benzene rings is 2. The molecule has 0 radical (unpaired) electrons. The molecule has 1 fully saturated rings. The highest BCUT2D eigenvalue weighted by molar-refractivity contribution is 6.11. The van der Waals surface area contributed by atoms with Crippen molar-refractivity contribution in [3.8, 4) is 0 Å². The van der Waals surface area contributed by atoms with Crippen molar-refractivity contribution in [3.05, 3.63) is 144 Å². The summed E-state index contributed by atoms with van der Waals surface area (Å²) >= 11 is 0. The molecule has 218 valence electrons. The van der Waals surface area contributed by atoms with Crippen LogP contribution in [0.15, 0.2) is 138 Å². The van der Waals surface area contributed by atoms with Crippen molar-refractivity contribution in [2.75, 3.05) is 0 Å². The highest BCUT2D eigenvalue weighted by Gasteiger charge is 2.41. The summed E-state index contributed by atoms with van der Waals surface area (Å²) in [7, 11) is 0. The fourth-order valence-electron chi connectivity index (χ4n) is 8.58. The van der Waals surface area contributed by atoms with Gasteiger partial charge in [0, 0.05) is 40.1 Å². The number of rotatable bonds is 4. The summed E-state index contributed by atoms with van der Waals surface area (Å²) in [5, 5.41) is 2.67. The molecule has 2 heterocycles. The van der Waals surface area contributed by atoms with Gasteiger partial charge in [-0.25, -0.2) is 0 Å². The number of fused-ring (bicyclic) bond motifs is 6. The molecule has 5 unspecified atom stereocenters. The van der Waals surface area contributed by atoms with Crippen molar-refractivity contribution in [1.82, 2.24) is 4.57 Å². The van der Waals surface area contributed by atoms with Crippen LogP contribution in [-0.2, 0) is 4.74 Å². The van der Waals surface area contributed by atoms with Gasteiger partial charge in [0.1, 0.15) is 11.9 Å². The minimum atomic E-state index is 0.180. The average Bonchev–Trinajstić information content (AvgIpc) is 3.64. The maximum atomic E-state index is 6.31. The average molecular weight is 574 g/mol. The molecule has 9 rings (SSSR count). The van der Waals surface area contributed by atoms with Crippen LogP contribution in [0.1, 0.15) is 50.5 Å². The van der Waals surface area contributed by atoms with Gasteiger partial charge in [-0.3, -0.25) is 0 Å². The lowest BCUT2D eigenvalue weighted by atomic mass is 9.77. The molecule has 0 amide bonds. The van der Waals surface area contributed by atoms with Crippen LogP contribution in [0.25, 0.3) is 33.1 Å². The van der Waals surface area contributed by atoms with Gasteiger partial charge in [-0.2, -0.15) is 0 Å². The van der Waals surface area contributed by atoms with Crippen LogP contribution in [0.2, 0.25) is 0 Å². The Hall–Kier alpha value is -4.30. The van der Waals surface area contributed by atoms with E-state index in [0.29, 0.717) is 23.7 Å². The fraction of sp³-hybridized carbons (Fsp3) is 0.286. The Kier molecular flexibility index (Phi) is 6.35. The predicted octanol–water partition coefficient (Wildman–Crippen LogP) is 10.6. The maximum absolute atomic E-state index is 6.31. The molecule has 0 bridgehead atoms. The van der Waals surface area contributed by atoms with Crippen LogP contribution in [0, 0.1) is 23.7 Å². The van der Waals surface area contributed by atoms with Gasteiger partial charge < -0.3 is 9.30 Å². The molecule has 6 aliphatic rings. The number of hydrogen-bond donors (Lipinski definition) is 0. The van der Waals surface area contributed by atoms with Gasteiger partial charge in [0.25, 0.3) is 0 Å². The zero-order valence-electron chi connectivity index (χ0n) is 25.2. The van der Waals surface area contributed by atoms with Crippen molar-refractivity contribution in [2.45, 2.75) is 51.0 Å². The minimum absolute atomic E-state index is 0.180. The van der Waals surface area contributed by atoms with Gasteiger partial charge in [0.2, 0.25) is 0 Å². The summed E-state index contributed by atoms with van der Waals surface area (Å²) in [6.45, 7) is 0. The molecule has 2 heteroatoms. The molecule has 0 saturated carbocycles. The van der Waals surface area contributed by atoms with E-state index in [1.165, 1.54) is 64.3 Å². The molecule has 5 aliphatic carbocycles. The first kappa shape index (κ1) is 26.1. The van der Waals surface area contributed by atoms with E-state index in [1.54, 1.807) is 11.1 Å². The number of allylic oxidation sites excluding steroid dienone is 16. The zero-order valence-corrected chi connectivity index (χ0v) is 25.2. The van der Waals surface area contributed by atoms with E-state index < -0.39 is 0 Å². The number of hydrogen-bond acceptors (Lipinski definition) is 1. The topological polar surface area (TPSA) is 14.2 Å². The highest BCUT2D eigenvalue weighted by atomic mass is 16.5. The van der Waals surface area contributed by atoms with Gasteiger partial charge in [-0.15, -0.1) is 0 Å². The Morgan fingerprint density at radius 3 is 2.59 bits per heavy atom. The van der Waals surface area contributed by atoms with E-state index >= 15 is 0 Å². The molecule has 3 aromatic rings. The lowest BCUT2D eigenvalue weighted by Gasteiger charge is -2.30. The van der Waals surface area contributed by atoms with E-state index in [9.17, 15) is 0 Å². The third kappa shape index (κ3) is 4.38. The van der Waals surface area contributed by atoms with Crippen LogP contribution in [0.3, 0.4) is 0 Å². The number of ether oxygens (including phenoxy) is 1. The quantitative estimate of drug-likeness (QED) is 0.283. The number of para-hydroxylation sites is 1. The summed E-state index contributed by atoms with van der Waals surface area (Å²) in [5.74, 6) is 2.97. The van der Waals surface area contributed by atoms with E-state index in [-0.39, 0.29) is 6.10 Å². The summed E-state index contributed by atoms with van der Waals surface area (Å²) in [6.07, 6.45) is 38.8. The second-order valence-electron chi connectivity index (χ2n) is 13.4. The van der Waals surface area contributed by atoms with Crippen LogP contribution >= 0.6 is 0 Å². The first-order valence-electron chi connectivity index (χ1n) is 16.7. The summed E-state index contributed by atoms with van der Waals surface area (Å²) in [5.41, 5.74) is 9.88. The van der Waals surface area contributed by atoms with Crippen LogP contribution in [0.5, 0.6) is 0 Å². The van der Waals surface area contributed by atoms with E-state index in [0.717, 1.165) is 25.0 Å². The Bertz CT molecular complexity index is 1950. The lowest BCUT2D eigenvalue weighted by molar-refractivity contribution is 0.184. The molecule has 2 nitrogen and oxygen atoms in total. The minimum Gasteiger partial charge on any atom is -0.490 e. The molecule has 1 saturated heterocycles. The second kappa shape index (κ2) is 10.7. The molecule has 0 spiro atoms. The SMILES string of the molecule is C1=CCC(C2=CC(n3c4ccccc4c4cc(C5=CC=C6OC7C=CC=CC7C6C5)ccc43)=CC(C3=CCCCC3)C2)C=C1. The standard InChI is InChI=1S/C42H39NO/c1-3-11-28(12-4-1)32-23-33(29-13-5-2-6-14-29)25-34(24-32)43-39-17-9-7-15-35(39)37-26-30(19-21-40(37)43)31-20-22-42-38(27-31)36-16-8-10-18-41(36)44-42/h1,3-4,7-11,13,15-22,24-26,28,33,36,38,41H,2,5-6,12,14,23,27H2. The van der Waals surface area contributed by atoms with Gasteiger partial charge in [-0.1, -0.05) is 96.2 Å². The van der Waals surface area contributed by atoms with Crippen molar-refractivity contribution >= 4 is 33.1 Å². The van der Waals surface area contributed by atoms with Crippen LogP contribution < -0.4 is 0 Å². The van der Waals surface area contributed by atoms with Gasteiger partial charge in [0.05, 0.1) is 11.0 Å². The fourth-order valence-corrected chi connectivity index (χ4v) is 8.58. The second-order valence-corrected chi connectivity index (χ2v) is 13.4. The molecular weight excluding hydrogens is 534 g/mol. The van der Waals surface area contributed by atoms with Crippen LogP contribution in [0.4, 0.5) is 0 Å². The first-order valence-corrected chi connectivity index (χ1v) is 16.7. The van der Waals surface area contributed by atoms with E-state index in [4.69, 9.17) is 4.74 Å². The molecule has 0 N–H and O–H groups in total. The molecular formula is C42H39NO. The van der Waals surface area contributed by atoms with Gasteiger partial charge >= 0.3 is 0 Å². The Morgan fingerprint density at radius 2 is 1.68 bits per heavy atom. The van der Waals surface area contributed by atoms with Crippen LogP contribution in [-0.4, -0.2) is 10.7 Å². The Morgan fingerprint density at radius 1 is 0.773 bits per heavy atom. The van der Waals surface area contributed by atoms with E-state index in [1.807, 2.05) is 0 Å². The smallest absolute Gasteiger partial charge is 0.124 e. The maximum Gasteiger partial charge on any atom is 0.124 e.